The summed E-state index contributed by atoms with van der Waals surface area (Å²) < 4.78 is 4.81. The van der Waals surface area contributed by atoms with Crippen molar-refractivity contribution in [2.75, 3.05) is 11.9 Å². The van der Waals surface area contributed by atoms with Gasteiger partial charge in [0.25, 0.3) is 0 Å². The van der Waals surface area contributed by atoms with Crippen molar-refractivity contribution in [1.82, 2.24) is 0 Å². The molecule has 21 heavy (non-hydrogen) atoms. The molecule has 1 amide bonds. The number of nitriles is 2. The van der Waals surface area contributed by atoms with Gasteiger partial charge in [0.05, 0.1) is 17.8 Å². The number of primary amides is 1. The number of rotatable bonds is 6. The van der Waals surface area contributed by atoms with Crippen LogP contribution in [0.1, 0.15) is 5.56 Å². The number of amides is 1. The maximum absolute atomic E-state index is 11.3. The summed E-state index contributed by atoms with van der Waals surface area (Å²) in [7, 11) is 0. The quantitative estimate of drug-likeness (QED) is 0.576. The minimum Gasteiger partial charge on any atom is -0.442 e. The summed E-state index contributed by atoms with van der Waals surface area (Å²) in [5.74, 6) is -1.64. The van der Waals surface area contributed by atoms with Crippen LogP contribution in [0.5, 0.6) is 0 Å². The van der Waals surface area contributed by atoms with E-state index in [-0.39, 0.29) is 6.54 Å². The molecule has 0 saturated heterocycles. The Morgan fingerprint density at radius 1 is 1.33 bits per heavy atom. The monoisotopic (exact) mass is 284 g/mol. The zero-order valence-corrected chi connectivity index (χ0v) is 10.9. The molecule has 0 aliphatic carbocycles. The van der Waals surface area contributed by atoms with E-state index in [1.807, 2.05) is 6.07 Å². The molecule has 0 aromatic heterocycles. The van der Waals surface area contributed by atoms with Gasteiger partial charge in [-0.15, -0.1) is 0 Å². The lowest BCUT2D eigenvalue weighted by Gasteiger charge is -2.12. The molecular weight excluding hydrogens is 272 g/mol. The summed E-state index contributed by atoms with van der Waals surface area (Å²) >= 11 is 0. The van der Waals surface area contributed by atoms with Crippen molar-refractivity contribution in [1.29, 1.82) is 10.5 Å². The number of carbonyl (C=O) groups excluding carboxylic acids is 2. The molecule has 0 fully saturated rings. The summed E-state index contributed by atoms with van der Waals surface area (Å²) in [6, 6.07) is 10.5. The smallest absolute Gasteiger partial charge is 0.332 e. The van der Waals surface area contributed by atoms with Crippen LogP contribution in [-0.4, -0.2) is 24.5 Å². The fourth-order valence-electron chi connectivity index (χ4n) is 1.38. The number of nitrogens with one attached hydrogen (secondary N) is 1. The van der Waals surface area contributed by atoms with Crippen LogP contribution in [0.3, 0.4) is 0 Å². The molecule has 0 heterocycles. The number of nitrogens with zero attached hydrogens (tertiary/aromatic N) is 2. The third-order valence-corrected chi connectivity index (χ3v) is 2.31. The second-order valence-corrected chi connectivity index (χ2v) is 3.83. The topological polar surface area (TPSA) is 129 Å². The molecule has 1 aromatic carbocycles. The lowest BCUT2D eigenvalue weighted by Crippen LogP contribution is -2.24. The highest BCUT2D eigenvalue weighted by atomic mass is 16.5. The maximum Gasteiger partial charge on any atom is 0.332 e. The highest BCUT2D eigenvalue weighted by Crippen LogP contribution is 2.13. The molecule has 0 aliphatic rings. The number of anilines is 1. The Hall–Kier alpha value is -3.32. The van der Waals surface area contributed by atoms with E-state index in [0.717, 1.165) is 12.2 Å². The Morgan fingerprint density at radius 2 is 2.05 bits per heavy atom. The minimum atomic E-state index is -1.07. The van der Waals surface area contributed by atoms with Crippen LogP contribution in [0.4, 0.5) is 5.69 Å². The van der Waals surface area contributed by atoms with Crippen molar-refractivity contribution in [3.63, 3.8) is 0 Å². The molecule has 0 bridgehead atoms. The highest BCUT2D eigenvalue weighted by Gasteiger charge is 2.12. The SMILES string of the molecule is N#Cc1ccccc1NCC(C#N)OC(=O)C=CC(N)=O. The van der Waals surface area contributed by atoms with Gasteiger partial charge < -0.3 is 15.8 Å². The van der Waals surface area contributed by atoms with E-state index in [2.05, 4.69) is 5.32 Å². The van der Waals surface area contributed by atoms with Crippen LogP contribution < -0.4 is 11.1 Å². The fourth-order valence-corrected chi connectivity index (χ4v) is 1.38. The van der Waals surface area contributed by atoms with Gasteiger partial charge in [-0.3, -0.25) is 4.79 Å². The van der Waals surface area contributed by atoms with Gasteiger partial charge in [-0.2, -0.15) is 10.5 Å². The molecule has 0 radical (unpaired) electrons. The van der Waals surface area contributed by atoms with E-state index < -0.39 is 18.0 Å². The van der Waals surface area contributed by atoms with Crippen LogP contribution in [0.2, 0.25) is 0 Å². The van der Waals surface area contributed by atoms with Gasteiger partial charge >= 0.3 is 5.97 Å². The highest BCUT2D eigenvalue weighted by molar-refractivity contribution is 5.93. The molecule has 7 nitrogen and oxygen atoms in total. The van der Waals surface area contributed by atoms with Crippen molar-refractivity contribution >= 4 is 17.6 Å². The van der Waals surface area contributed by atoms with Gasteiger partial charge in [0.2, 0.25) is 12.0 Å². The van der Waals surface area contributed by atoms with Gasteiger partial charge in [0.15, 0.2) is 0 Å². The van der Waals surface area contributed by atoms with Crippen LogP contribution in [-0.2, 0) is 14.3 Å². The second kappa shape index (κ2) is 7.97. The number of para-hydroxylation sites is 1. The first-order chi connectivity index (χ1) is 10.1. The van der Waals surface area contributed by atoms with Crippen LogP contribution >= 0.6 is 0 Å². The second-order valence-electron chi connectivity index (χ2n) is 3.83. The lowest BCUT2D eigenvalue weighted by molar-refractivity contribution is -0.140. The molecule has 106 valence electrons. The van der Waals surface area contributed by atoms with Crippen molar-refractivity contribution in [3.05, 3.63) is 42.0 Å². The molecule has 1 unspecified atom stereocenters. The standard InChI is InChI=1S/C14H12N4O3/c15-7-10-3-1-2-4-12(10)18-9-11(8-16)21-14(20)6-5-13(17)19/h1-6,11,18H,9H2,(H2,17,19). The zero-order valence-electron chi connectivity index (χ0n) is 10.9. The largest absolute Gasteiger partial charge is 0.442 e. The molecule has 0 saturated carbocycles. The Labute approximate surface area is 121 Å². The Morgan fingerprint density at radius 3 is 2.67 bits per heavy atom. The van der Waals surface area contributed by atoms with E-state index in [9.17, 15) is 9.59 Å². The Kier molecular flexibility index (Phi) is 5.97. The molecule has 1 aromatic rings. The molecule has 7 heteroatoms. The first kappa shape index (κ1) is 15.7. The number of hydrogen-bond donors (Lipinski definition) is 2. The maximum atomic E-state index is 11.3. The Bertz CT molecular complexity index is 640. The summed E-state index contributed by atoms with van der Waals surface area (Å²) in [5.41, 5.74) is 5.77. The van der Waals surface area contributed by atoms with Crippen molar-refractivity contribution in [2.45, 2.75) is 6.10 Å². The Balaban J connectivity index is 2.60. The van der Waals surface area contributed by atoms with Gasteiger partial charge in [0, 0.05) is 12.2 Å². The minimum absolute atomic E-state index is 0.00530. The van der Waals surface area contributed by atoms with Crippen molar-refractivity contribution in [3.8, 4) is 12.1 Å². The van der Waals surface area contributed by atoms with Crippen molar-refractivity contribution < 1.29 is 14.3 Å². The molecule has 0 spiro atoms. The van der Waals surface area contributed by atoms with Crippen LogP contribution in [0.15, 0.2) is 36.4 Å². The normalized spacial score (nSPS) is 11.1. The van der Waals surface area contributed by atoms with Crippen LogP contribution in [0, 0.1) is 22.7 Å². The zero-order chi connectivity index (χ0) is 15.7. The van der Waals surface area contributed by atoms with E-state index in [1.165, 1.54) is 0 Å². The predicted molar refractivity (Wildman–Crippen MR) is 73.5 cm³/mol. The fraction of sp³-hybridized carbons (Fsp3) is 0.143. The first-order valence-corrected chi connectivity index (χ1v) is 5.87. The number of ether oxygens (including phenoxy) is 1. The van der Waals surface area contributed by atoms with E-state index >= 15 is 0 Å². The number of esters is 1. The summed E-state index contributed by atoms with van der Waals surface area (Å²) in [6.07, 6.45) is 0.618. The predicted octanol–water partition coefficient (Wildman–Crippen LogP) is 0.447. The number of benzene rings is 1. The molecule has 3 N–H and O–H groups in total. The average Bonchev–Trinajstić information content (AvgIpc) is 2.49. The third-order valence-electron chi connectivity index (χ3n) is 2.31. The molecule has 1 atom stereocenters. The number of nitrogens with two attached hydrogens (primary N) is 1. The van der Waals surface area contributed by atoms with E-state index in [1.54, 1.807) is 30.3 Å². The number of carbonyl (C=O) groups is 2. The third kappa shape index (κ3) is 5.45. The van der Waals surface area contributed by atoms with Gasteiger partial charge in [-0.05, 0) is 12.1 Å². The van der Waals surface area contributed by atoms with E-state index in [0.29, 0.717) is 11.3 Å². The average molecular weight is 284 g/mol. The molecule has 0 aliphatic heterocycles. The number of hydrogen-bond acceptors (Lipinski definition) is 6. The van der Waals surface area contributed by atoms with Crippen molar-refractivity contribution in [2.24, 2.45) is 5.73 Å². The van der Waals surface area contributed by atoms with Crippen LogP contribution in [0.25, 0.3) is 0 Å². The van der Waals surface area contributed by atoms with Gasteiger partial charge in [-0.1, -0.05) is 12.1 Å². The first-order valence-electron chi connectivity index (χ1n) is 5.87. The molecule has 1 rings (SSSR count). The molecular formula is C14H12N4O3. The summed E-state index contributed by atoms with van der Waals surface area (Å²) in [4.78, 5) is 21.8. The van der Waals surface area contributed by atoms with E-state index in [4.69, 9.17) is 21.0 Å². The van der Waals surface area contributed by atoms with Gasteiger partial charge in [0.1, 0.15) is 12.1 Å². The van der Waals surface area contributed by atoms with Gasteiger partial charge in [-0.25, -0.2) is 4.79 Å². The summed E-state index contributed by atoms with van der Waals surface area (Å²) in [6.45, 7) is 0.00530. The summed E-state index contributed by atoms with van der Waals surface area (Å²) in [5, 5.41) is 20.7. The lowest BCUT2D eigenvalue weighted by atomic mass is 10.2.